The lowest BCUT2D eigenvalue weighted by molar-refractivity contribution is 0.0830. The Morgan fingerprint density at radius 2 is 1.94 bits per heavy atom. The first-order valence-corrected chi connectivity index (χ1v) is 10.5. The number of aromatic nitrogens is 2. The molecule has 8 heteroatoms. The Bertz CT molecular complexity index is 1040. The highest BCUT2D eigenvalue weighted by atomic mass is 19.1. The van der Waals surface area contributed by atoms with Gasteiger partial charge in [-0.1, -0.05) is 12.1 Å². The Morgan fingerprint density at radius 1 is 1.16 bits per heavy atom. The first-order valence-electron chi connectivity index (χ1n) is 10.5. The number of Topliss-reactive ketones (excluding diaryl/α,β-unsaturated/α-hetero) is 1. The lowest BCUT2D eigenvalue weighted by Crippen LogP contribution is -2.37. The quantitative estimate of drug-likeness (QED) is 0.438. The Labute approximate surface area is 179 Å². The number of aromatic amines is 1. The first kappa shape index (κ1) is 21.0. The molecule has 7 nitrogen and oxygen atoms in total. The number of piperidine rings is 1. The van der Waals surface area contributed by atoms with E-state index in [1.807, 2.05) is 12.1 Å². The summed E-state index contributed by atoms with van der Waals surface area (Å²) in [5.74, 6) is -0.262. The number of carbonyl (C=O) groups excluding carboxylic acids is 2. The van der Waals surface area contributed by atoms with Crippen LogP contribution in [-0.4, -0.2) is 53.2 Å². The second-order valence-corrected chi connectivity index (χ2v) is 7.74. The number of amides is 1. The predicted molar refractivity (Wildman–Crippen MR) is 116 cm³/mol. The van der Waals surface area contributed by atoms with Crippen LogP contribution in [0.4, 0.5) is 14.9 Å². The molecule has 2 heterocycles. The van der Waals surface area contributed by atoms with Gasteiger partial charge in [0.25, 0.3) is 0 Å². The number of anilines is 1. The molecule has 31 heavy (non-hydrogen) atoms. The number of halogens is 1. The van der Waals surface area contributed by atoms with Crippen molar-refractivity contribution < 1.29 is 18.7 Å². The van der Waals surface area contributed by atoms with Gasteiger partial charge >= 0.3 is 6.09 Å². The maximum atomic E-state index is 13.0. The van der Waals surface area contributed by atoms with E-state index >= 15 is 0 Å². The number of para-hydroxylation sites is 1. The molecule has 1 aromatic heterocycles. The van der Waals surface area contributed by atoms with E-state index in [1.165, 1.54) is 12.1 Å². The number of nitrogens with zero attached hydrogens (tertiary/aromatic N) is 2. The fraction of sp³-hybridized carbons (Fsp3) is 0.348. The molecule has 0 bridgehead atoms. The van der Waals surface area contributed by atoms with E-state index in [1.54, 1.807) is 24.4 Å². The number of nitrogens with one attached hydrogen (secondary N) is 2. The van der Waals surface area contributed by atoms with Gasteiger partial charge in [0.2, 0.25) is 0 Å². The number of hydrogen-bond donors (Lipinski definition) is 2. The van der Waals surface area contributed by atoms with Crippen molar-refractivity contribution in [1.29, 1.82) is 0 Å². The fourth-order valence-corrected chi connectivity index (χ4v) is 3.94. The Hall–Kier alpha value is -3.26. The summed E-state index contributed by atoms with van der Waals surface area (Å²) in [5.41, 5.74) is 1.97. The summed E-state index contributed by atoms with van der Waals surface area (Å²) in [6.45, 7) is 2.78. The van der Waals surface area contributed by atoms with Crippen LogP contribution in [0.2, 0.25) is 0 Å². The van der Waals surface area contributed by atoms with Crippen molar-refractivity contribution in [3.63, 3.8) is 0 Å². The summed E-state index contributed by atoms with van der Waals surface area (Å²) in [6, 6.07) is 11.3. The highest BCUT2D eigenvalue weighted by Gasteiger charge is 2.25. The van der Waals surface area contributed by atoms with Crippen LogP contribution in [0.5, 0.6) is 0 Å². The third-order valence-electron chi connectivity index (χ3n) is 5.65. The van der Waals surface area contributed by atoms with Crippen LogP contribution in [0.15, 0.2) is 48.7 Å². The molecule has 1 saturated heterocycles. The largest absolute Gasteiger partial charge is 0.449 e. The van der Waals surface area contributed by atoms with Crippen molar-refractivity contribution in [2.75, 3.05) is 31.6 Å². The zero-order chi connectivity index (χ0) is 21.6. The van der Waals surface area contributed by atoms with Gasteiger partial charge in [-0.25, -0.2) is 9.18 Å². The smallest absolute Gasteiger partial charge is 0.411 e. The fourth-order valence-electron chi connectivity index (χ4n) is 3.94. The molecule has 1 fully saturated rings. The lowest BCUT2D eigenvalue weighted by Gasteiger charge is -2.31. The molecule has 0 radical (unpaired) electrons. The predicted octanol–water partition coefficient (Wildman–Crippen LogP) is 4.24. The minimum Gasteiger partial charge on any atom is -0.449 e. The molecule has 2 N–H and O–H groups in total. The molecule has 1 aliphatic heterocycles. The summed E-state index contributed by atoms with van der Waals surface area (Å²) in [7, 11) is 0. The van der Waals surface area contributed by atoms with Crippen LogP contribution in [-0.2, 0) is 4.74 Å². The van der Waals surface area contributed by atoms with Crippen LogP contribution in [0.1, 0.15) is 29.6 Å². The van der Waals surface area contributed by atoms with Gasteiger partial charge < -0.3 is 9.64 Å². The molecule has 3 aromatic rings. The molecule has 0 unspecified atom stereocenters. The number of ether oxygens (including phenoxy) is 1. The zero-order valence-electron chi connectivity index (χ0n) is 17.1. The van der Waals surface area contributed by atoms with Gasteiger partial charge in [-0.3, -0.25) is 15.2 Å². The molecule has 0 saturated carbocycles. The molecule has 0 atom stereocenters. The topological polar surface area (TPSA) is 87.3 Å². The monoisotopic (exact) mass is 424 g/mol. The minimum absolute atomic E-state index is 0.0195. The van der Waals surface area contributed by atoms with Crippen molar-refractivity contribution in [3.05, 3.63) is 60.0 Å². The summed E-state index contributed by atoms with van der Waals surface area (Å²) >= 11 is 0. The van der Waals surface area contributed by atoms with Crippen LogP contribution in [0, 0.1) is 11.7 Å². The summed E-state index contributed by atoms with van der Waals surface area (Å²) in [6.07, 6.45) is 3.49. The molecule has 1 aliphatic rings. The molecule has 4 rings (SSSR count). The zero-order valence-corrected chi connectivity index (χ0v) is 17.1. The number of H-pyrrole nitrogens is 1. The minimum atomic E-state index is -0.495. The number of benzene rings is 2. The summed E-state index contributed by atoms with van der Waals surface area (Å²) in [5, 5.41) is 10.5. The average Bonchev–Trinajstić information content (AvgIpc) is 3.27. The molecule has 2 aromatic carbocycles. The van der Waals surface area contributed by atoms with Crippen LogP contribution >= 0.6 is 0 Å². The number of hydrogen-bond acceptors (Lipinski definition) is 5. The van der Waals surface area contributed by atoms with E-state index in [9.17, 15) is 14.0 Å². The second-order valence-electron chi connectivity index (χ2n) is 7.74. The van der Waals surface area contributed by atoms with Gasteiger partial charge in [0.05, 0.1) is 24.0 Å². The standard InChI is InChI=1S/C23H25FN4O3/c24-19-7-5-16(6-8-19)22(29)17-9-12-28(13-10-17)11-2-14-31-23(30)26-20-4-1-3-18-15-25-27-21(18)20/h1,3-8,15,17H,2,9-14H2,(H,25,27)(H,26,30). The molecular weight excluding hydrogens is 399 g/mol. The van der Waals surface area contributed by atoms with Crippen molar-refractivity contribution in [2.45, 2.75) is 19.3 Å². The van der Waals surface area contributed by atoms with Crippen molar-refractivity contribution in [3.8, 4) is 0 Å². The summed E-state index contributed by atoms with van der Waals surface area (Å²) < 4.78 is 18.3. The van der Waals surface area contributed by atoms with Crippen LogP contribution in [0.25, 0.3) is 10.9 Å². The van der Waals surface area contributed by atoms with Crippen LogP contribution in [0.3, 0.4) is 0 Å². The van der Waals surface area contributed by atoms with E-state index in [0.717, 1.165) is 49.8 Å². The second kappa shape index (κ2) is 9.70. The number of fused-ring (bicyclic) bond motifs is 1. The number of rotatable bonds is 7. The number of ketones is 1. The Kier molecular flexibility index (Phi) is 6.57. The van der Waals surface area contributed by atoms with Crippen molar-refractivity contribution in [1.82, 2.24) is 15.1 Å². The van der Waals surface area contributed by atoms with E-state index in [4.69, 9.17) is 4.74 Å². The van der Waals surface area contributed by atoms with Gasteiger partial charge in [0.1, 0.15) is 5.82 Å². The number of likely N-dealkylation sites (tertiary alicyclic amines) is 1. The van der Waals surface area contributed by atoms with E-state index in [-0.39, 0.29) is 17.5 Å². The molecular formula is C23H25FN4O3. The lowest BCUT2D eigenvalue weighted by atomic mass is 9.89. The maximum Gasteiger partial charge on any atom is 0.411 e. The summed E-state index contributed by atoms with van der Waals surface area (Å²) in [4.78, 5) is 26.9. The molecule has 1 amide bonds. The molecule has 162 valence electrons. The highest BCUT2D eigenvalue weighted by Crippen LogP contribution is 2.22. The molecule has 0 aliphatic carbocycles. The highest BCUT2D eigenvalue weighted by molar-refractivity contribution is 5.98. The van der Waals surface area contributed by atoms with Crippen molar-refractivity contribution >= 4 is 28.5 Å². The van der Waals surface area contributed by atoms with Crippen molar-refractivity contribution in [2.24, 2.45) is 5.92 Å². The van der Waals surface area contributed by atoms with E-state index in [2.05, 4.69) is 20.4 Å². The first-order chi connectivity index (χ1) is 15.1. The van der Waals surface area contributed by atoms with Gasteiger partial charge in [-0.2, -0.15) is 5.10 Å². The average molecular weight is 424 g/mol. The number of carbonyl (C=O) groups is 2. The van der Waals surface area contributed by atoms with Gasteiger partial charge in [-0.05, 0) is 62.7 Å². The van der Waals surface area contributed by atoms with Gasteiger partial charge in [0, 0.05) is 23.4 Å². The van der Waals surface area contributed by atoms with Crippen LogP contribution < -0.4 is 5.32 Å². The van der Waals surface area contributed by atoms with Gasteiger partial charge in [0.15, 0.2) is 5.78 Å². The SMILES string of the molecule is O=C(Nc1cccc2cn[nH]c12)OCCCN1CCC(C(=O)c2ccc(F)cc2)CC1. The van der Waals surface area contributed by atoms with E-state index < -0.39 is 6.09 Å². The molecule has 0 spiro atoms. The normalized spacial score (nSPS) is 15.1. The van der Waals surface area contributed by atoms with Gasteiger partial charge in [-0.15, -0.1) is 0 Å². The Balaban J connectivity index is 1.15. The maximum absolute atomic E-state index is 13.0. The third kappa shape index (κ3) is 5.27. The third-order valence-corrected chi connectivity index (χ3v) is 5.65. The van der Waals surface area contributed by atoms with E-state index in [0.29, 0.717) is 17.9 Å². The Morgan fingerprint density at radius 3 is 2.71 bits per heavy atom.